The molecular weight excluding hydrogens is 366 g/mol. The molecule has 1 atom stereocenters. The molecule has 1 N–H and O–H groups in total. The van der Waals surface area contributed by atoms with Gasteiger partial charge in [-0.1, -0.05) is 38.4 Å². The van der Waals surface area contributed by atoms with Crippen LogP contribution in [0.2, 0.25) is 5.02 Å². The highest BCUT2D eigenvalue weighted by Gasteiger charge is 2.31. The van der Waals surface area contributed by atoms with Gasteiger partial charge in [0.1, 0.15) is 5.25 Å². The lowest BCUT2D eigenvalue weighted by atomic mass is 9.96. The molecule has 0 aliphatic heterocycles. The zero-order chi connectivity index (χ0) is 18.0. The molecule has 1 aromatic carbocycles. The lowest BCUT2D eigenvalue weighted by Gasteiger charge is -2.22. The van der Waals surface area contributed by atoms with Crippen molar-refractivity contribution >= 4 is 38.7 Å². The molecule has 1 amide bonds. The van der Waals surface area contributed by atoms with Crippen LogP contribution in [0.5, 0.6) is 0 Å². The van der Waals surface area contributed by atoms with Crippen LogP contribution < -0.4 is 5.32 Å². The number of carbonyl (C=O) groups is 1. The standard InChI is InChI=1S/C17H20ClNO3S2/c1-17(2,3)16(20)19-11-15(14-5-4-10-23-14)24(21,22)13-8-6-12(18)7-9-13/h4-10,15H,11H2,1-3H3,(H,19,20)/t15-/m0/s1. The van der Waals surface area contributed by atoms with Crippen LogP contribution in [-0.2, 0) is 14.6 Å². The minimum Gasteiger partial charge on any atom is -0.354 e. The fraction of sp³-hybridized carbons (Fsp3) is 0.353. The van der Waals surface area contributed by atoms with Gasteiger partial charge in [0.25, 0.3) is 0 Å². The Morgan fingerprint density at radius 1 is 1.21 bits per heavy atom. The third-order valence-corrected chi connectivity index (χ3v) is 6.99. The average Bonchev–Trinajstić information content (AvgIpc) is 3.00. The maximum absolute atomic E-state index is 13.0. The van der Waals surface area contributed by atoms with E-state index in [1.54, 1.807) is 45.0 Å². The summed E-state index contributed by atoms with van der Waals surface area (Å²) in [5.74, 6) is -0.185. The average molecular weight is 386 g/mol. The zero-order valence-electron chi connectivity index (χ0n) is 13.7. The molecule has 0 spiro atoms. The Balaban J connectivity index is 2.33. The number of hydrogen-bond acceptors (Lipinski definition) is 4. The first-order valence-electron chi connectivity index (χ1n) is 7.43. The number of nitrogens with one attached hydrogen (secondary N) is 1. The van der Waals surface area contributed by atoms with E-state index >= 15 is 0 Å². The van der Waals surface area contributed by atoms with Crippen molar-refractivity contribution in [2.24, 2.45) is 5.41 Å². The van der Waals surface area contributed by atoms with E-state index in [1.807, 2.05) is 5.38 Å². The summed E-state index contributed by atoms with van der Waals surface area (Å²) in [5.41, 5.74) is -0.579. The first-order chi connectivity index (χ1) is 11.1. The molecule has 7 heteroatoms. The number of thiophene rings is 1. The summed E-state index contributed by atoms with van der Waals surface area (Å²) in [5, 5.41) is 4.23. The second-order valence-corrected chi connectivity index (χ2v) is 10.0. The molecule has 1 aromatic heterocycles. The minimum atomic E-state index is -3.64. The first kappa shape index (κ1) is 19.0. The van der Waals surface area contributed by atoms with Crippen LogP contribution >= 0.6 is 22.9 Å². The summed E-state index contributed by atoms with van der Waals surface area (Å²) in [6, 6.07) is 9.65. The smallest absolute Gasteiger partial charge is 0.225 e. The van der Waals surface area contributed by atoms with Gasteiger partial charge in [0.15, 0.2) is 9.84 Å². The Morgan fingerprint density at radius 2 is 1.83 bits per heavy atom. The van der Waals surface area contributed by atoms with Gasteiger partial charge in [0, 0.05) is 21.9 Å². The molecule has 2 aromatic rings. The first-order valence-corrected chi connectivity index (χ1v) is 10.2. The largest absolute Gasteiger partial charge is 0.354 e. The lowest BCUT2D eigenvalue weighted by Crippen LogP contribution is -2.38. The number of amides is 1. The quantitative estimate of drug-likeness (QED) is 0.843. The third-order valence-electron chi connectivity index (χ3n) is 3.51. The molecule has 0 aliphatic carbocycles. The molecule has 0 aliphatic rings. The van der Waals surface area contributed by atoms with Crippen LogP contribution in [0.4, 0.5) is 0 Å². The van der Waals surface area contributed by atoms with Crippen LogP contribution in [0.25, 0.3) is 0 Å². The molecule has 0 radical (unpaired) electrons. The van der Waals surface area contributed by atoms with Crippen molar-refractivity contribution in [3.8, 4) is 0 Å². The normalized spacial score (nSPS) is 13.5. The lowest BCUT2D eigenvalue weighted by molar-refractivity contribution is -0.128. The second kappa shape index (κ2) is 7.25. The van der Waals surface area contributed by atoms with Gasteiger partial charge in [-0.15, -0.1) is 11.3 Å². The third kappa shape index (κ3) is 4.37. The van der Waals surface area contributed by atoms with Crippen molar-refractivity contribution in [1.82, 2.24) is 5.32 Å². The van der Waals surface area contributed by atoms with E-state index in [1.165, 1.54) is 23.5 Å². The van der Waals surface area contributed by atoms with Gasteiger partial charge in [-0.25, -0.2) is 8.42 Å². The van der Waals surface area contributed by atoms with Gasteiger partial charge in [0.05, 0.1) is 4.90 Å². The van der Waals surface area contributed by atoms with Crippen molar-refractivity contribution in [3.05, 3.63) is 51.7 Å². The highest BCUT2D eigenvalue weighted by atomic mass is 35.5. The highest BCUT2D eigenvalue weighted by molar-refractivity contribution is 7.91. The van der Waals surface area contributed by atoms with Crippen molar-refractivity contribution in [2.75, 3.05) is 6.54 Å². The van der Waals surface area contributed by atoms with Crippen LogP contribution in [0.1, 0.15) is 30.9 Å². The van der Waals surface area contributed by atoms with Crippen LogP contribution in [0.15, 0.2) is 46.7 Å². The minimum absolute atomic E-state index is 0.0293. The van der Waals surface area contributed by atoms with Crippen LogP contribution in [0, 0.1) is 5.41 Å². The number of benzene rings is 1. The van der Waals surface area contributed by atoms with E-state index in [0.717, 1.165) is 0 Å². The second-order valence-electron chi connectivity index (χ2n) is 6.46. The van der Waals surface area contributed by atoms with Crippen molar-refractivity contribution in [2.45, 2.75) is 30.9 Å². The molecule has 0 fully saturated rings. The van der Waals surface area contributed by atoms with Crippen LogP contribution in [-0.4, -0.2) is 20.9 Å². The molecule has 130 valence electrons. The van der Waals surface area contributed by atoms with Gasteiger partial charge < -0.3 is 5.32 Å². The van der Waals surface area contributed by atoms with Crippen LogP contribution in [0.3, 0.4) is 0 Å². The summed E-state index contributed by atoms with van der Waals surface area (Å²) >= 11 is 7.20. The fourth-order valence-electron chi connectivity index (χ4n) is 2.08. The predicted octanol–water partition coefficient (Wildman–Crippen LogP) is 4.08. The van der Waals surface area contributed by atoms with Crippen molar-refractivity contribution < 1.29 is 13.2 Å². The monoisotopic (exact) mass is 385 g/mol. The van der Waals surface area contributed by atoms with Gasteiger partial charge in [-0.2, -0.15) is 0 Å². The Kier molecular flexibility index (Phi) is 5.73. The Bertz CT molecular complexity index is 791. The summed E-state index contributed by atoms with van der Waals surface area (Å²) in [7, 11) is -3.64. The number of halogens is 1. The van der Waals surface area contributed by atoms with E-state index in [9.17, 15) is 13.2 Å². The molecule has 0 saturated heterocycles. The predicted molar refractivity (Wildman–Crippen MR) is 98.2 cm³/mol. The number of hydrogen-bond donors (Lipinski definition) is 1. The maximum atomic E-state index is 13.0. The number of sulfone groups is 1. The summed E-state index contributed by atoms with van der Waals surface area (Å²) in [4.78, 5) is 13.0. The Morgan fingerprint density at radius 3 is 2.33 bits per heavy atom. The Hall–Kier alpha value is -1.37. The van der Waals surface area contributed by atoms with E-state index in [-0.39, 0.29) is 17.3 Å². The van der Waals surface area contributed by atoms with Gasteiger partial charge >= 0.3 is 0 Å². The van der Waals surface area contributed by atoms with E-state index in [2.05, 4.69) is 5.32 Å². The molecule has 2 rings (SSSR count). The van der Waals surface area contributed by atoms with Gasteiger partial charge in [-0.05, 0) is 35.7 Å². The summed E-state index contributed by atoms with van der Waals surface area (Å²) in [6.45, 7) is 5.39. The van der Waals surface area contributed by atoms with E-state index in [4.69, 9.17) is 11.6 Å². The fourth-order valence-corrected chi connectivity index (χ4v) is 4.99. The maximum Gasteiger partial charge on any atom is 0.225 e. The highest BCUT2D eigenvalue weighted by Crippen LogP contribution is 2.32. The summed E-state index contributed by atoms with van der Waals surface area (Å²) in [6.07, 6.45) is 0. The van der Waals surface area contributed by atoms with Crippen molar-refractivity contribution in [3.63, 3.8) is 0 Å². The van der Waals surface area contributed by atoms with Crippen molar-refractivity contribution in [1.29, 1.82) is 0 Å². The van der Waals surface area contributed by atoms with E-state index < -0.39 is 20.5 Å². The molecule has 4 nitrogen and oxygen atoms in total. The number of rotatable bonds is 5. The van der Waals surface area contributed by atoms with Gasteiger partial charge in [-0.3, -0.25) is 4.79 Å². The van der Waals surface area contributed by atoms with Gasteiger partial charge in [0.2, 0.25) is 5.91 Å². The van der Waals surface area contributed by atoms with E-state index in [0.29, 0.717) is 9.90 Å². The Labute approximate surface area is 151 Å². The summed E-state index contributed by atoms with van der Waals surface area (Å²) < 4.78 is 26.0. The molecule has 0 saturated carbocycles. The molecular formula is C17H20ClNO3S2. The molecule has 0 bridgehead atoms. The SMILES string of the molecule is CC(C)(C)C(=O)NC[C@@H](c1cccs1)S(=O)(=O)c1ccc(Cl)cc1. The molecule has 1 heterocycles. The molecule has 24 heavy (non-hydrogen) atoms. The zero-order valence-corrected chi connectivity index (χ0v) is 16.1. The molecule has 0 unspecified atom stereocenters. The topological polar surface area (TPSA) is 63.2 Å². The number of carbonyl (C=O) groups excluding carboxylic acids is 1.